The van der Waals surface area contributed by atoms with Gasteiger partial charge in [0, 0.05) is 6.54 Å². The summed E-state index contributed by atoms with van der Waals surface area (Å²) in [6.45, 7) is 5.84. The number of carbonyl (C=O) groups excluding carboxylic acids is 1. The number of carbonyl (C=O) groups is 2. The summed E-state index contributed by atoms with van der Waals surface area (Å²) < 4.78 is 10.6. The number of carboxylic acids is 1. The number of ether oxygens (including phenoxy) is 1. The van der Waals surface area contributed by atoms with Crippen LogP contribution >= 0.6 is 0 Å². The second-order valence-corrected chi connectivity index (χ2v) is 6.82. The molecule has 2 rings (SSSR count). The zero-order chi connectivity index (χ0) is 17.2. The molecule has 7 heteroatoms. The minimum absolute atomic E-state index is 0.280. The second kappa shape index (κ2) is 6.72. The third-order valence-corrected chi connectivity index (χ3v) is 3.81. The molecule has 0 aliphatic carbocycles. The van der Waals surface area contributed by atoms with Crippen LogP contribution in [0, 0.1) is 5.92 Å². The first-order valence-corrected chi connectivity index (χ1v) is 7.69. The Morgan fingerprint density at radius 3 is 2.65 bits per heavy atom. The van der Waals surface area contributed by atoms with Crippen LogP contribution in [0.5, 0.6) is 0 Å². The van der Waals surface area contributed by atoms with Crippen molar-refractivity contribution >= 4 is 11.9 Å². The van der Waals surface area contributed by atoms with Gasteiger partial charge in [0.25, 0.3) is 0 Å². The lowest BCUT2D eigenvalue weighted by atomic mass is 9.93. The van der Waals surface area contributed by atoms with Gasteiger partial charge in [-0.15, -0.1) is 0 Å². The SMILES string of the molecule is CC(C)(C)OC(=O)[C@@H]1CCN([C@H](C(=O)O)c2ccco2)[C@H](N)C1. The van der Waals surface area contributed by atoms with Crippen LogP contribution < -0.4 is 5.73 Å². The number of piperidine rings is 1. The number of hydrogen-bond donors (Lipinski definition) is 2. The molecule has 1 aliphatic rings. The van der Waals surface area contributed by atoms with Gasteiger partial charge in [0.1, 0.15) is 11.4 Å². The maximum Gasteiger partial charge on any atom is 0.328 e. The molecule has 1 aromatic rings. The molecule has 1 aromatic heterocycles. The zero-order valence-electron chi connectivity index (χ0n) is 13.7. The first-order valence-electron chi connectivity index (χ1n) is 7.69. The molecule has 0 unspecified atom stereocenters. The van der Waals surface area contributed by atoms with Crippen molar-refractivity contribution in [2.45, 2.75) is 51.4 Å². The Bertz CT molecular complexity index is 549. The lowest BCUT2D eigenvalue weighted by molar-refractivity contribution is -0.163. The predicted octanol–water partition coefficient (Wildman–Crippen LogP) is 1.74. The predicted molar refractivity (Wildman–Crippen MR) is 82.3 cm³/mol. The van der Waals surface area contributed by atoms with Crippen LogP contribution in [0.2, 0.25) is 0 Å². The summed E-state index contributed by atoms with van der Waals surface area (Å²) in [6, 6.07) is 2.31. The number of nitrogens with two attached hydrogens (primary N) is 1. The van der Waals surface area contributed by atoms with Crippen LogP contribution in [0.1, 0.15) is 45.4 Å². The molecule has 0 radical (unpaired) electrons. The van der Waals surface area contributed by atoms with E-state index >= 15 is 0 Å². The topological polar surface area (TPSA) is 106 Å². The fraction of sp³-hybridized carbons (Fsp3) is 0.625. The average Bonchev–Trinajstić information content (AvgIpc) is 2.92. The smallest absolute Gasteiger partial charge is 0.328 e. The number of hydrogen-bond acceptors (Lipinski definition) is 6. The zero-order valence-corrected chi connectivity index (χ0v) is 13.7. The quantitative estimate of drug-likeness (QED) is 0.812. The molecule has 7 nitrogen and oxygen atoms in total. The first-order chi connectivity index (χ1) is 10.7. The number of furan rings is 1. The molecule has 0 bridgehead atoms. The normalized spacial score (nSPS) is 24.2. The van der Waals surface area contributed by atoms with Crippen molar-refractivity contribution in [3.05, 3.63) is 24.2 Å². The molecule has 3 atom stereocenters. The Morgan fingerprint density at radius 1 is 1.48 bits per heavy atom. The van der Waals surface area contributed by atoms with Gasteiger partial charge >= 0.3 is 11.9 Å². The van der Waals surface area contributed by atoms with Crippen LogP contribution in [0.4, 0.5) is 0 Å². The standard InChI is InChI=1S/C16H24N2O5/c1-16(2,3)23-15(21)10-6-7-18(12(17)9-10)13(14(19)20)11-5-4-8-22-11/h4-5,8,10,12-13H,6-7,9,17H2,1-3H3,(H,19,20)/t10-,12+,13+/m1/s1. The fourth-order valence-corrected chi connectivity index (χ4v) is 2.81. The monoisotopic (exact) mass is 324 g/mol. The van der Waals surface area contributed by atoms with Crippen molar-refractivity contribution in [3.63, 3.8) is 0 Å². The molecule has 1 fully saturated rings. The summed E-state index contributed by atoms with van der Waals surface area (Å²) >= 11 is 0. The highest BCUT2D eigenvalue weighted by molar-refractivity contribution is 5.75. The van der Waals surface area contributed by atoms with Crippen molar-refractivity contribution < 1.29 is 23.8 Å². The van der Waals surface area contributed by atoms with Gasteiger partial charge < -0.3 is 20.0 Å². The number of rotatable bonds is 4. The van der Waals surface area contributed by atoms with E-state index in [4.69, 9.17) is 14.9 Å². The molecule has 2 heterocycles. The summed E-state index contributed by atoms with van der Waals surface area (Å²) in [4.78, 5) is 25.4. The fourth-order valence-electron chi connectivity index (χ4n) is 2.81. The Kier molecular flexibility index (Phi) is 5.11. The Balaban J connectivity index is 2.06. The van der Waals surface area contributed by atoms with E-state index in [1.165, 1.54) is 6.26 Å². The number of nitrogens with zero attached hydrogens (tertiary/aromatic N) is 1. The number of likely N-dealkylation sites (tertiary alicyclic amines) is 1. The van der Waals surface area contributed by atoms with Crippen LogP contribution in [0.3, 0.4) is 0 Å². The molecule has 0 aromatic carbocycles. The van der Waals surface area contributed by atoms with Crippen molar-refractivity contribution in [3.8, 4) is 0 Å². The Morgan fingerprint density at radius 2 is 2.17 bits per heavy atom. The van der Waals surface area contributed by atoms with E-state index in [1.54, 1.807) is 17.0 Å². The maximum atomic E-state index is 12.2. The van der Waals surface area contributed by atoms with Gasteiger partial charge in [-0.1, -0.05) is 0 Å². The van der Waals surface area contributed by atoms with Crippen LogP contribution in [-0.4, -0.2) is 40.3 Å². The van der Waals surface area contributed by atoms with E-state index in [9.17, 15) is 14.7 Å². The lowest BCUT2D eigenvalue weighted by Gasteiger charge is -2.39. The summed E-state index contributed by atoms with van der Waals surface area (Å²) in [5, 5.41) is 9.49. The number of esters is 1. The molecule has 128 valence electrons. The molecule has 1 saturated heterocycles. The number of carboxylic acid groups (broad SMARTS) is 1. The summed E-state index contributed by atoms with van der Waals surface area (Å²) in [7, 11) is 0. The lowest BCUT2D eigenvalue weighted by Crippen LogP contribution is -2.52. The summed E-state index contributed by atoms with van der Waals surface area (Å²) in [6.07, 6.45) is 1.75. The largest absolute Gasteiger partial charge is 0.480 e. The Hall–Kier alpha value is -1.86. The molecular formula is C16H24N2O5. The van der Waals surface area contributed by atoms with Gasteiger partial charge in [-0.2, -0.15) is 0 Å². The van der Waals surface area contributed by atoms with Crippen molar-refractivity contribution in [2.24, 2.45) is 11.7 Å². The minimum Gasteiger partial charge on any atom is -0.480 e. The van der Waals surface area contributed by atoms with Crippen molar-refractivity contribution in [1.29, 1.82) is 0 Å². The molecule has 0 amide bonds. The van der Waals surface area contributed by atoms with Gasteiger partial charge in [-0.25, -0.2) is 0 Å². The van der Waals surface area contributed by atoms with E-state index in [0.29, 0.717) is 25.1 Å². The second-order valence-electron chi connectivity index (χ2n) is 6.82. The van der Waals surface area contributed by atoms with Gasteiger partial charge in [-0.05, 0) is 45.7 Å². The number of aliphatic carboxylic acids is 1. The van der Waals surface area contributed by atoms with Gasteiger partial charge in [0.05, 0.1) is 18.3 Å². The van der Waals surface area contributed by atoms with Gasteiger partial charge in [-0.3, -0.25) is 14.5 Å². The third kappa shape index (κ3) is 4.33. The van der Waals surface area contributed by atoms with E-state index < -0.39 is 23.8 Å². The van der Waals surface area contributed by atoms with Gasteiger partial charge in [0.2, 0.25) is 0 Å². The van der Waals surface area contributed by atoms with Gasteiger partial charge in [0.15, 0.2) is 6.04 Å². The highest BCUT2D eigenvalue weighted by Gasteiger charge is 2.39. The highest BCUT2D eigenvalue weighted by Crippen LogP contribution is 2.31. The molecule has 3 N–H and O–H groups in total. The van der Waals surface area contributed by atoms with E-state index in [0.717, 1.165) is 0 Å². The third-order valence-electron chi connectivity index (χ3n) is 3.81. The molecular weight excluding hydrogens is 300 g/mol. The van der Waals surface area contributed by atoms with Crippen molar-refractivity contribution in [2.75, 3.05) is 6.54 Å². The Labute approximate surface area is 135 Å². The minimum atomic E-state index is -1.02. The highest BCUT2D eigenvalue weighted by atomic mass is 16.6. The van der Waals surface area contributed by atoms with Crippen LogP contribution in [-0.2, 0) is 14.3 Å². The molecule has 0 saturated carbocycles. The van der Waals surface area contributed by atoms with Crippen LogP contribution in [0.15, 0.2) is 22.8 Å². The van der Waals surface area contributed by atoms with E-state index in [-0.39, 0.29) is 11.9 Å². The maximum absolute atomic E-state index is 12.2. The molecule has 1 aliphatic heterocycles. The molecule has 0 spiro atoms. The summed E-state index contributed by atoms with van der Waals surface area (Å²) in [5.41, 5.74) is 5.58. The average molecular weight is 324 g/mol. The van der Waals surface area contributed by atoms with Crippen LogP contribution in [0.25, 0.3) is 0 Å². The molecule has 23 heavy (non-hydrogen) atoms. The van der Waals surface area contributed by atoms with E-state index in [2.05, 4.69) is 0 Å². The van der Waals surface area contributed by atoms with E-state index in [1.807, 2.05) is 20.8 Å². The first kappa shape index (κ1) is 17.5. The van der Waals surface area contributed by atoms with Crippen molar-refractivity contribution in [1.82, 2.24) is 4.90 Å². The summed E-state index contributed by atoms with van der Waals surface area (Å²) in [5.74, 6) is -1.28.